The molecule has 0 amide bonds. The number of rotatable bonds is 3. The molecule has 2 rings (SSSR count). The normalized spacial score (nSPS) is 19.9. The molecule has 1 unspecified atom stereocenters. The molecule has 1 aliphatic rings. The van der Waals surface area contributed by atoms with Crippen molar-refractivity contribution in [2.75, 3.05) is 18.4 Å². The van der Waals surface area contributed by atoms with Crippen LogP contribution < -0.4 is 5.32 Å². The number of hydrogen-bond acceptors (Lipinski definition) is 4. The van der Waals surface area contributed by atoms with Crippen molar-refractivity contribution >= 4 is 5.82 Å². The number of hydrogen-bond donors (Lipinski definition) is 1. The van der Waals surface area contributed by atoms with E-state index >= 15 is 0 Å². The molecule has 4 heteroatoms. The number of aromatic nitrogens is 1. The fourth-order valence-electron chi connectivity index (χ4n) is 1.56. The summed E-state index contributed by atoms with van der Waals surface area (Å²) in [6, 6.07) is 4.31. The van der Waals surface area contributed by atoms with Crippen molar-refractivity contribution in [3.05, 3.63) is 23.9 Å². The molecule has 1 atom stereocenters. The summed E-state index contributed by atoms with van der Waals surface area (Å²) in [4.78, 5) is 4.22. The van der Waals surface area contributed by atoms with Crippen molar-refractivity contribution in [1.82, 2.24) is 4.98 Å². The summed E-state index contributed by atoms with van der Waals surface area (Å²) in [7, 11) is 0. The zero-order valence-corrected chi connectivity index (χ0v) is 8.27. The lowest BCUT2D eigenvalue weighted by molar-refractivity contribution is 0.740. The Morgan fingerprint density at radius 3 is 3.21 bits per heavy atom. The van der Waals surface area contributed by atoms with Crippen LogP contribution in [0.2, 0.25) is 0 Å². The topological polar surface area (TPSA) is 49.6 Å². The number of anilines is 1. The highest BCUT2D eigenvalue weighted by atomic mass is 15.2. The first-order valence-corrected chi connectivity index (χ1v) is 4.96. The van der Waals surface area contributed by atoms with Gasteiger partial charge in [-0.2, -0.15) is 10.2 Å². The molecule has 14 heavy (non-hydrogen) atoms. The minimum Gasteiger partial charge on any atom is -0.370 e. The second-order valence-corrected chi connectivity index (χ2v) is 3.29. The number of nitrogens with one attached hydrogen (secondary N) is 1. The highest BCUT2D eigenvalue weighted by molar-refractivity contribution is 5.38. The van der Waals surface area contributed by atoms with Gasteiger partial charge in [0, 0.05) is 12.7 Å². The largest absolute Gasteiger partial charge is 0.370 e. The monoisotopic (exact) mass is 190 g/mol. The summed E-state index contributed by atoms with van der Waals surface area (Å²) >= 11 is 0. The van der Waals surface area contributed by atoms with Crippen LogP contribution in [0.3, 0.4) is 0 Å². The average molecular weight is 190 g/mol. The molecular weight excluding hydrogens is 176 g/mol. The second kappa shape index (κ2) is 4.17. The van der Waals surface area contributed by atoms with Gasteiger partial charge in [-0.05, 0) is 31.0 Å². The smallest absolute Gasteiger partial charge is 0.126 e. The Morgan fingerprint density at radius 1 is 1.57 bits per heavy atom. The Bertz CT molecular complexity index is 335. The molecule has 0 saturated carbocycles. The lowest BCUT2D eigenvalue weighted by Gasteiger charge is -2.07. The summed E-state index contributed by atoms with van der Waals surface area (Å²) in [6.45, 7) is 3.80. The first-order chi connectivity index (χ1) is 6.90. The van der Waals surface area contributed by atoms with Crippen molar-refractivity contribution in [2.24, 2.45) is 10.2 Å². The third-order valence-electron chi connectivity index (χ3n) is 2.25. The van der Waals surface area contributed by atoms with Gasteiger partial charge in [-0.25, -0.2) is 4.98 Å². The predicted octanol–water partition coefficient (Wildman–Crippen LogP) is 2.41. The molecule has 2 heterocycles. The summed E-state index contributed by atoms with van der Waals surface area (Å²) in [5, 5.41) is 11.4. The molecule has 1 aromatic rings. The zero-order valence-electron chi connectivity index (χ0n) is 8.27. The van der Waals surface area contributed by atoms with Gasteiger partial charge < -0.3 is 5.32 Å². The highest BCUT2D eigenvalue weighted by Crippen LogP contribution is 2.26. The van der Waals surface area contributed by atoms with Crippen molar-refractivity contribution in [3.8, 4) is 0 Å². The second-order valence-electron chi connectivity index (χ2n) is 3.29. The molecule has 0 bridgehead atoms. The maximum Gasteiger partial charge on any atom is 0.126 e. The van der Waals surface area contributed by atoms with Crippen LogP contribution in [0.4, 0.5) is 5.82 Å². The van der Waals surface area contributed by atoms with Crippen LogP contribution in [-0.2, 0) is 0 Å². The summed E-state index contributed by atoms with van der Waals surface area (Å²) in [6.07, 6.45) is 2.84. The fourth-order valence-corrected chi connectivity index (χ4v) is 1.56. The molecule has 4 nitrogen and oxygen atoms in total. The van der Waals surface area contributed by atoms with E-state index in [0.717, 1.165) is 25.3 Å². The van der Waals surface area contributed by atoms with Gasteiger partial charge in [-0.1, -0.05) is 0 Å². The van der Waals surface area contributed by atoms with Gasteiger partial charge in [-0.15, -0.1) is 0 Å². The van der Waals surface area contributed by atoms with Crippen LogP contribution in [0.5, 0.6) is 0 Å². The summed E-state index contributed by atoms with van der Waals surface area (Å²) in [5.41, 5.74) is 1.21. The lowest BCUT2D eigenvalue weighted by atomic mass is 10.1. The molecule has 0 radical (unpaired) electrons. The third-order valence-corrected chi connectivity index (χ3v) is 2.25. The average Bonchev–Trinajstić information content (AvgIpc) is 2.71. The van der Waals surface area contributed by atoms with Gasteiger partial charge in [0.05, 0.1) is 12.6 Å². The molecule has 74 valence electrons. The molecule has 1 aliphatic heterocycles. The van der Waals surface area contributed by atoms with Crippen LogP contribution in [0, 0.1) is 0 Å². The van der Waals surface area contributed by atoms with E-state index in [0.29, 0.717) is 0 Å². The van der Waals surface area contributed by atoms with Crippen LogP contribution in [0.25, 0.3) is 0 Å². The molecule has 0 saturated heterocycles. The van der Waals surface area contributed by atoms with Crippen molar-refractivity contribution < 1.29 is 0 Å². The van der Waals surface area contributed by atoms with Gasteiger partial charge in [0.15, 0.2) is 0 Å². The first kappa shape index (κ1) is 9.12. The highest BCUT2D eigenvalue weighted by Gasteiger charge is 2.14. The van der Waals surface area contributed by atoms with E-state index < -0.39 is 0 Å². The van der Waals surface area contributed by atoms with E-state index in [2.05, 4.69) is 33.5 Å². The minimum absolute atomic E-state index is 0.246. The van der Waals surface area contributed by atoms with Crippen molar-refractivity contribution in [1.29, 1.82) is 0 Å². The van der Waals surface area contributed by atoms with Gasteiger partial charge in [0.1, 0.15) is 5.82 Å². The van der Waals surface area contributed by atoms with Crippen molar-refractivity contribution in [2.45, 2.75) is 19.4 Å². The van der Waals surface area contributed by atoms with Crippen LogP contribution in [0.1, 0.15) is 24.9 Å². The van der Waals surface area contributed by atoms with E-state index in [-0.39, 0.29) is 6.04 Å². The van der Waals surface area contributed by atoms with Gasteiger partial charge in [0.2, 0.25) is 0 Å². The number of pyridine rings is 1. The van der Waals surface area contributed by atoms with Crippen molar-refractivity contribution in [3.63, 3.8) is 0 Å². The van der Waals surface area contributed by atoms with E-state index in [1.54, 1.807) is 0 Å². The zero-order chi connectivity index (χ0) is 9.80. The van der Waals surface area contributed by atoms with E-state index in [1.165, 1.54) is 5.56 Å². The van der Waals surface area contributed by atoms with Crippen LogP contribution >= 0.6 is 0 Å². The van der Waals surface area contributed by atoms with E-state index in [4.69, 9.17) is 0 Å². The molecule has 1 N–H and O–H groups in total. The van der Waals surface area contributed by atoms with Gasteiger partial charge in [-0.3, -0.25) is 0 Å². The Hall–Kier alpha value is -1.45. The van der Waals surface area contributed by atoms with Gasteiger partial charge in [0.25, 0.3) is 0 Å². The standard InChI is InChI=1S/C10H14N4/c1-2-11-10-7-8(3-5-12-10)9-4-6-13-14-9/h3,5,7,9H,2,4,6H2,1H3,(H,11,12). The fraction of sp³-hybridized carbons (Fsp3) is 0.500. The van der Waals surface area contributed by atoms with E-state index in [9.17, 15) is 0 Å². The third kappa shape index (κ3) is 1.89. The molecule has 0 aromatic carbocycles. The lowest BCUT2D eigenvalue weighted by Crippen LogP contribution is -2.01. The number of azo groups is 1. The minimum atomic E-state index is 0.246. The Balaban J connectivity index is 2.16. The summed E-state index contributed by atoms with van der Waals surface area (Å²) < 4.78 is 0. The number of nitrogens with zero attached hydrogens (tertiary/aromatic N) is 3. The Kier molecular flexibility index (Phi) is 2.72. The summed E-state index contributed by atoms with van der Waals surface area (Å²) in [5.74, 6) is 0.923. The Morgan fingerprint density at radius 2 is 2.50 bits per heavy atom. The molecular formula is C10H14N4. The molecule has 0 fully saturated rings. The molecule has 0 aliphatic carbocycles. The van der Waals surface area contributed by atoms with Crippen LogP contribution in [0.15, 0.2) is 28.6 Å². The first-order valence-electron chi connectivity index (χ1n) is 4.96. The Labute approximate surface area is 83.5 Å². The van der Waals surface area contributed by atoms with E-state index in [1.807, 2.05) is 12.3 Å². The van der Waals surface area contributed by atoms with Crippen LogP contribution in [-0.4, -0.2) is 18.1 Å². The SMILES string of the molecule is CCNc1cc(C2CCN=N2)ccn1. The maximum atomic E-state index is 4.22. The molecule has 1 aromatic heterocycles. The maximum absolute atomic E-state index is 4.22. The quantitative estimate of drug-likeness (QED) is 0.795. The predicted molar refractivity (Wildman–Crippen MR) is 55.5 cm³/mol. The van der Waals surface area contributed by atoms with Gasteiger partial charge >= 0.3 is 0 Å². The molecule has 0 spiro atoms.